The SMILES string of the molecule is Cc1ccsc1CN1CC2(CC(Oc3ncccn3)CCO2)C1. The zero-order valence-electron chi connectivity index (χ0n) is 13.3. The van der Waals surface area contributed by atoms with Crippen LogP contribution in [0.1, 0.15) is 23.3 Å². The fourth-order valence-electron chi connectivity index (χ4n) is 3.45. The molecule has 1 spiro atoms. The molecule has 2 aromatic rings. The van der Waals surface area contributed by atoms with E-state index >= 15 is 0 Å². The van der Waals surface area contributed by atoms with Crippen molar-refractivity contribution in [3.8, 4) is 6.01 Å². The van der Waals surface area contributed by atoms with Gasteiger partial charge in [0, 0.05) is 49.7 Å². The monoisotopic (exact) mass is 331 g/mol. The van der Waals surface area contributed by atoms with Crippen molar-refractivity contribution in [2.24, 2.45) is 0 Å². The average molecular weight is 331 g/mol. The van der Waals surface area contributed by atoms with Gasteiger partial charge >= 0.3 is 6.01 Å². The van der Waals surface area contributed by atoms with Gasteiger partial charge in [0.1, 0.15) is 6.10 Å². The number of rotatable bonds is 4. The molecule has 122 valence electrons. The van der Waals surface area contributed by atoms with E-state index in [1.807, 2.05) is 11.3 Å². The molecule has 1 unspecified atom stereocenters. The minimum atomic E-state index is -0.0388. The van der Waals surface area contributed by atoms with Crippen LogP contribution in [0, 0.1) is 6.92 Å². The third kappa shape index (κ3) is 3.24. The Kier molecular flexibility index (Phi) is 4.05. The van der Waals surface area contributed by atoms with Crippen molar-refractivity contribution < 1.29 is 9.47 Å². The maximum Gasteiger partial charge on any atom is 0.316 e. The third-order valence-electron chi connectivity index (χ3n) is 4.62. The Morgan fingerprint density at radius 2 is 2.22 bits per heavy atom. The van der Waals surface area contributed by atoms with E-state index < -0.39 is 0 Å². The fourth-order valence-corrected chi connectivity index (χ4v) is 4.40. The summed E-state index contributed by atoms with van der Waals surface area (Å²) in [7, 11) is 0. The van der Waals surface area contributed by atoms with Crippen LogP contribution in [0.2, 0.25) is 0 Å². The van der Waals surface area contributed by atoms with E-state index in [0.29, 0.717) is 6.01 Å². The van der Waals surface area contributed by atoms with E-state index in [1.54, 1.807) is 18.5 Å². The highest BCUT2D eigenvalue weighted by molar-refractivity contribution is 7.10. The zero-order valence-corrected chi connectivity index (χ0v) is 14.1. The van der Waals surface area contributed by atoms with Crippen molar-refractivity contribution >= 4 is 11.3 Å². The first-order chi connectivity index (χ1) is 11.2. The summed E-state index contributed by atoms with van der Waals surface area (Å²) >= 11 is 1.84. The molecular formula is C17H21N3O2S. The Balaban J connectivity index is 1.33. The van der Waals surface area contributed by atoms with Crippen molar-refractivity contribution in [2.45, 2.75) is 38.0 Å². The van der Waals surface area contributed by atoms with Crippen molar-refractivity contribution in [3.63, 3.8) is 0 Å². The molecule has 0 bridgehead atoms. The molecule has 4 heterocycles. The number of hydrogen-bond donors (Lipinski definition) is 0. The molecule has 4 rings (SSSR count). The first-order valence-corrected chi connectivity index (χ1v) is 8.93. The zero-order chi connectivity index (χ0) is 15.7. The van der Waals surface area contributed by atoms with Gasteiger partial charge in [-0.3, -0.25) is 4.90 Å². The van der Waals surface area contributed by atoms with Gasteiger partial charge in [-0.2, -0.15) is 0 Å². The smallest absolute Gasteiger partial charge is 0.316 e. The lowest BCUT2D eigenvalue weighted by atomic mass is 9.84. The predicted molar refractivity (Wildman–Crippen MR) is 88.7 cm³/mol. The molecule has 2 aromatic heterocycles. The van der Waals surface area contributed by atoms with E-state index in [9.17, 15) is 0 Å². The summed E-state index contributed by atoms with van der Waals surface area (Å²) in [5, 5.41) is 2.17. The minimum absolute atomic E-state index is 0.0388. The molecule has 1 atom stereocenters. The van der Waals surface area contributed by atoms with Crippen molar-refractivity contribution in [1.29, 1.82) is 0 Å². The Morgan fingerprint density at radius 1 is 1.39 bits per heavy atom. The summed E-state index contributed by atoms with van der Waals surface area (Å²) in [6.45, 7) is 5.94. The molecule has 0 amide bonds. The molecule has 0 radical (unpaired) electrons. The topological polar surface area (TPSA) is 47.5 Å². The fraction of sp³-hybridized carbons (Fsp3) is 0.529. The molecule has 23 heavy (non-hydrogen) atoms. The van der Waals surface area contributed by atoms with Crippen LogP contribution in [0.15, 0.2) is 29.9 Å². The second-order valence-electron chi connectivity index (χ2n) is 6.47. The van der Waals surface area contributed by atoms with Gasteiger partial charge in [0.2, 0.25) is 0 Å². The van der Waals surface area contributed by atoms with Gasteiger partial charge in [0.05, 0.1) is 12.2 Å². The molecule has 0 N–H and O–H groups in total. The van der Waals surface area contributed by atoms with Crippen LogP contribution in [0.25, 0.3) is 0 Å². The lowest BCUT2D eigenvalue weighted by Crippen LogP contribution is -2.65. The van der Waals surface area contributed by atoms with Gasteiger partial charge in [-0.05, 0) is 30.0 Å². The molecule has 0 aromatic carbocycles. The molecular weight excluding hydrogens is 310 g/mol. The minimum Gasteiger partial charge on any atom is -0.460 e. The first kappa shape index (κ1) is 15.1. The summed E-state index contributed by atoms with van der Waals surface area (Å²) in [6, 6.07) is 4.46. The number of likely N-dealkylation sites (tertiary alicyclic amines) is 1. The number of hydrogen-bond acceptors (Lipinski definition) is 6. The van der Waals surface area contributed by atoms with Crippen LogP contribution in [0.5, 0.6) is 6.01 Å². The van der Waals surface area contributed by atoms with E-state index in [4.69, 9.17) is 9.47 Å². The van der Waals surface area contributed by atoms with E-state index in [2.05, 4.69) is 33.2 Å². The standard InChI is InChI=1S/C17H21N3O2S/c1-13-4-8-23-15(13)10-20-11-17(12-20)9-14(3-7-21-17)22-16-18-5-2-6-19-16/h2,4-6,8,14H,3,7,9-12H2,1H3. The number of ether oxygens (including phenoxy) is 2. The maximum absolute atomic E-state index is 6.09. The Hall–Kier alpha value is -1.50. The number of aromatic nitrogens is 2. The summed E-state index contributed by atoms with van der Waals surface area (Å²) < 4.78 is 12.0. The highest BCUT2D eigenvalue weighted by Gasteiger charge is 2.48. The van der Waals surface area contributed by atoms with E-state index in [-0.39, 0.29) is 11.7 Å². The van der Waals surface area contributed by atoms with Crippen LogP contribution < -0.4 is 4.74 Å². The quantitative estimate of drug-likeness (QED) is 0.862. The van der Waals surface area contributed by atoms with Crippen LogP contribution in [0.4, 0.5) is 0 Å². The maximum atomic E-state index is 6.09. The van der Waals surface area contributed by atoms with Gasteiger partial charge in [-0.1, -0.05) is 0 Å². The second-order valence-corrected chi connectivity index (χ2v) is 7.47. The van der Waals surface area contributed by atoms with Gasteiger partial charge in [0.25, 0.3) is 0 Å². The molecule has 5 nitrogen and oxygen atoms in total. The van der Waals surface area contributed by atoms with Crippen molar-refractivity contribution in [1.82, 2.24) is 14.9 Å². The van der Waals surface area contributed by atoms with Gasteiger partial charge in [-0.25, -0.2) is 9.97 Å². The van der Waals surface area contributed by atoms with Crippen LogP contribution in [0.3, 0.4) is 0 Å². The number of aryl methyl sites for hydroxylation is 1. The molecule has 0 aliphatic carbocycles. The summed E-state index contributed by atoms with van der Waals surface area (Å²) in [5.41, 5.74) is 1.35. The summed E-state index contributed by atoms with van der Waals surface area (Å²) in [4.78, 5) is 12.2. The summed E-state index contributed by atoms with van der Waals surface area (Å²) in [6.07, 6.45) is 5.41. The summed E-state index contributed by atoms with van der Waals surface area (Å²) in [5.74, 6) is 0. The lowest BCUT2D eigenvalue weighted by molar-refractivity contribution is -0.188. The Morgan fingerprint density at radius 3 is 2.96 bits per heavy atom. The lowest BCUT2D eigenvalue weighted by Gasteiger charge is -2.53. The Bertz CT molecular complexity index is 655. The third-order valence-corrected chi connectivity index (χ3v) is 5.63. The number of nitrogens with zero attached hydrogens (tertiary/aromatic N) is 3. The van der Waals surface area contributed by atoms with E-state index in [0.717, 1.165) is 39.1 Å². The van der Waals surface area contributed by atoms with Crippen LogP contribution >= 0.6 is 11.3 Å². The number of thiophene rings is 1. The molecule has 2 aliphatic rings. The van der Waals surface area contributed by atoms with Gasteiger partial charge in [0.15, 0.2) is 0 Å². The highest BCUT2D eigenvalue weighted by atomic mass is 32.1. The van der Waals surface area contributed by atoms with Gasteiger partial charge < -0.3 is 9.47 Å². The highest BCUT2D eigenvalue weighted by Crippen LogP contribution is 2.36. The normalized spacial score (nSPS) is 23.6. The molecule has 6 heteroatoms. The predicted octanol–water partition coefficient (Wildman–Crippen LogP) is 2.66. The van der Waals surface area contributed by atoms with E-state index in [1.165, 1.54) is 10.4 Å². The molecule has 2 saturated heterocycles. The van der Waals surface area contributed by atoms with Crippen molar-refractivity contribution in [2.75, 3.05) is 19.7 Å². The Labute approximate surface area is 140 Å². The van der Waals surface area contributed by atoms with Crippen LogP contribution in [-0.2, 0) is 11.3 Å². The molecule has 2 fully saturated rings. The molecule has 2 aliphatic heterocycles. The van der Waals surface area contributed by atoms with Crippen LogP contribution in [-0.4, -0.2) is 46.3 Å². The first-order valence-electron chi connectivity index (χ1n) is 8.05. The van der Waals surface area contributed by atoms with Crippen molar-refractivity contribution in [3.05, 3.63) is 40.3 Å². The van der Waals surface area contributed by atoms with Gasteiger partial charge in [-0.15, -0.1) is 11.3 Å². The average Bonchev–Trinajstić information content (AvgIpc) is 2.92. The molecule has 0 saturated carbocycles. The largest absolute Gasteiger partial charge is 0.460 e. The second kappa shape index (κ2) is 6.19.